The van der Waals surface area contributed by atoms with E-state index in [1.807, 2.05) is 59.5 Å². The summed E-state index contributed by atoms with van der Waals surface area (Å²) in [5.74, 6) is -0.116. The molecule has 1 heterocycles. The zero-order valence-electron chi connectivity index (χ0n) is 13.1. The molecule has 3 heteroatoms. The van der Waals surface area contributed by atoms with Crippen molar-refractivity contribution in [2.45, 2.75) is 6.04 Å². The van der Waals surface area contributed by atoms with Crippen LogP contribution in [0, 0.1) is 11.3 Å². The normalized spacial score (nSPS) is 15.8. The molecular formula is C21H16N2O. The van der Waals surface area contributed by atoms with Crippen LogP contribution in [0.5, 0.6) is 0 Å². The van der Waals surface area contributed by atoms with E-state index in [4.69, 9.17) is 0 Å². The maximum absolute atomic E-state index is 12.5. The summed E-state index contributed by atoms with van der Waals surface area (Å²) in [5, 5.41) is 9.56. The second-order valence-corrected chi connectivity index (χ2v) is 5.34. The van der Waals surface area contributed by atoms with E-state index in [-0.39, 0.29) is 5.78 Å². The number of carbonyl (C=O) groups excluding carboxylic acids is 1. The minimum atomic E-state index is -0.461. The zero-order valence-corrected chi connectivity index (χ0v) is 13.1. The highest BCUT2D eigenvalue weighted by molar-refractivity contribution is 6.09. The predicted octanol–water partition coefficient (Wildman–Crippen LogP) is 4.67. The summed E-state index contributed by atoms with van der Waals surface area (Å²) in [6, 6.07) is 17.0. The predicted molar refractivity (Wildman–Crippen MR) is 97.1 cm³/mol. The summed E-state index contributed by atoms with van der Waals surface area (Å²) in [4.78, 5) is 14.4. The third-order valence-electron chi connectivity index (χ3n) is 3.88. The summed E-state index contributed by atoms with van der Waals surface area (Å²) >= 11 is 0. The summed E-state index contributed by atoms with van der Waals surface area (Å²) in [5.41, 5.74) is 3.22. The van der Waals surface area contributed by atoms with Gasteiger partial charge < -0.3 is 4.90 Å². The molecule has 3 nitrogen and oxygen atoms in total. The Balaban J connectivity index is 2.16. The molecule has 2 aromatic rings. The standard InChI is InChI=1S/C21H16N2O/c1-2-3-12-21(24)18-9-5-7-11-20(18)23-17(15-22)14-13-16-8-4-6-10-19(16)23/h2-14,17H,1H2/b12-3+. The summed E-state index contributed by atoms with van der Waals surface area (Å²) in [6.07, 6.45) is 8.46. The lowest BCUT2D eigenvalue weighted by atomic mass is 9.99. The number of hydrogen-bond acceptors (Lipinski definition) is 3. The quantitative estimate of drug-likeness (QED) is 0.468. The van der Waals surface area contributed by atoms with Crippen LogP contribution in [0.2, 0.25) is 0 Å². The molecule has 0 amide bonds. The number of anilines is 2. The fourth-order valence-electron chi connectivity index (χ4n) is 2.80. The monoisotopic (exact) mass is 312 g/mol. The van der Waals surface area contributed by atoms with Gasteiger partial charge in [-0.05, 0) is 35.9 Å². The third-order valence-corrected chi connectivity index (χ3v) is 3.88. The molecule has 2 aromatic carbocycles. The first-order chi connectivity index (χ1) is 11.8. The molecule has 0 spiro atoms. The second kappa shape index (κ2) is 6.80. The van der Waals surface area contributed by atoms with Crippen LogP contribution in [0.1, 0.15) is 15.9 Å². The largest absolute Gasteiger partial charge is 0.320 e. The van der Waals surface area contributed by atoms with Gasteiger partial charge in [-0.2, -0.15) is 5.26 Å². The highest BCUT2D eigenvalue weighted by Gasteiger charge is 2.26. The van der Waals surface area contributed by atoms with Crippen LogP contribution in [0.3, 0.4) is 0 Å². The van der Waals surface area contributed by atoms with Crippen LogP contribution < -0.4 is 4.90 Å². The van der Waals surface area contributed by atoms with E-state index in [0.717, 1.165) is 16.9 Å². The van der Waals surface area contributed by atoms with E-state index >= 15 is 0 Å². The molecule has 0 aliphatic carbocycles. The maximum Gasteiger partial charge on any atom is 0.187 e. The van der Waals surface area contributed by atoms with Crippen LogP contribution in [-0.4, -0.2) is 11.8 Å². The minimum Gasteiger partial charge on any atom is -0.320 e. The van der Waals surface area contributed by atoms with Crippen molar-refractivity contribution in [3.05, 3.63) is 90.5 Å². The highest BCUT2D eigenvalue weighted by Crippen LogP contribution is 2.37. The molecule has 0 bridgehead atoms. The average molecular weight is 312 g/mol. The van der Waals surface area contributed by atoms with E-state index in [9.17, 15) is 10.1 Å². The number of rotatable bonds is 4. The lowest BCUT2D eigenvalue weighted by Crippen LogP contribution is -2.31. The van der Waals surface area contributed by atoms with Gasteiger partial charge in [-0.3, -0.25) is 4.79 Å². The molecule has 1 aliphatic rings. The topological polar surface area (TPSA) is 44.1 Å². The molecule has 1 unspecified atom stereocenters. The Bertz CT molecular complexity index is 887. The van der Waals surface area contributed by atoms with Crippen molar-refractivity contribution in [1.29, 1.82) is 5.26 Å². The van der Waals surface area contributed by atoms with Gasteiger partial charge in [0.1, 0.15) is 6.04 Å². The van der Waals surface area contributed by atoms with Crippen molar-refractivity contribution in [2.24, 2.45) is 0 Å². The number of carbonyl (C=O) groups is 1. The van der Waals surface area contributed by atoms with Gasteiger partial charge in [-0.1, -0.05) is 55.1 Å². The highest BCUT2D eigenvalue weighted by atomic mass is 16.1. The van der Waals surface area contributed by atoms with Crippen molar-refractivity contribution in [3.63, 3.8) is 0 Å². The first-order valence-corrected chi connectivity index (χ1v) is 7.65. The van der Waals surface area contributed by atoms with Gasteiger partial charge in [-0.25, -0.2) is 0 Å². The molecule has 3 rings (SSSR count). The van der Waals surface area contributed by atoms with E-state index in [1.165, 1.54) is 6.08 Å². The first kappa shape index (κ1) is 15.5. The number of fused-ring (bicyclic) bond motifs is 1. The fraction of sp³-hybridized carbons (Fsp3) is 0.0476. The SMILES string of the molecule is C=C/C=C/C(=O)c1ccccc1N1c2ccccc2C=CC1C#N. The number of nitrogens with zero attached hydrogens (tertiary/aromatic N) is 2. The minimum absolute atomic E-state index is 0.116. The van der Waals surface area contributed by atoms with E-state index in [1.54, 1.807) is 18.2 Å². The van der Waals surface area contributed by atoms with Crippen molar-refractivity contribution in [2.75, 3.05) is 4.90 Å². The molecule has 0 saturated carbocycles. The third kappa shape index (κ3) is 2.78. The van der Waals surface area contributed by atoms with Crippen LogP contribution in [-0.2, 0) is 0 Å². The van der Waals surface area contributed by atoms with E-state index < -0.39 is 6.04 Å². The fourth-order valence-corrected chi connectivity index (χ4v) is 2.80. The molecule has 1 aliphatic heterocycles. The van der Waals surface area contributed by atoms with Gasteiger partial charge in [-0.15, -0.1) is 0 Å². The number of para-hydroxylation sites is 2. The summed E-state index contributed by atoms with van der Waals surface area (Å²) in [7, 11) is 0. The average Bonchev–Trinajstić information content (AvgIpc) is 2.65. The molecule has 24 heavy (non-hydrogen) atoms. The summed E-state index contributed by atoms with van der Waals surface area (Å²) < 4.78 is 0. The molecule has 0 fully saturated rings. The Labute approximate surface area is 141 Å². The lowest BCUT2D eigenvalue weighted by Gasteiger charge is -2.33. The zero-order chi connectivity index (χ0) is 16.9. The Morgan fingerprint density at radius 3 is 2.58 bits per heavy atom. The van der Waals surface area contributed by atoms with Gasteiger partial charge in [0.25, 0.3) is 0 Å². The Morgan fingerprint density at radius 2 is 1.83 bits per heavy atom. The van der Waals surface area contributed by atoms with Crippen molar-refractivity contribution >= 4 is 23.2 Å². The first-order valence-electron chi connectivity index (χ1n) is 7.65. The maximum atomic E-state index is 12.5. The van der Waals surface area contributed by atoms with Crippen molar-refractivity contribution < 1.29 is 4.79 Å². The molecule has 0 radical (unpaired) electrons. The van der Waals surface area contributed by atoms with Crippen molar-refractivity contribution in [1.82, 2.24) is 0 Å². The molecule has 1 atom stereocenters. The van der Waals surface area contributed by atoms with Gasteiger partial charge in [0.15, 0.2) is 5.78 Å². The van der Waals surface area contributed by atoms with Gasteiger partial charge >= 0.3 is 0 Å². The number of hydrogen-bond donors (Lipinski definition) is 0. The number of nitriles is 1. The van der Waals surface area contributed by atoms with Crippen molar-refractivity contribution in [3.8, 4) is 6.07 Å². The van der Waals surface area contributed by atoms with Crippen LogP contribution in [0.25, 0.3) is 6.08 Å². The molecular weight excluding hydrogens is 296 g/mol. The van der Waals surface area contributed by atoms with Gasteiger partial charge in [0.05, 0.1) is 11.8 Å². The van der Waals surface area contributed by atoms with E-state index in [0.29, 0.717) is 5.56 Å². The molecule has 0 saturated heterocycles. The van der Waals surface area contributed by atoms with Crippen LogP contribution in [0.4, 0.5) is 11.4 Å². The number of ketones is 1. The summed E-state index contributed by atoms with van der Waals surface area (Å²) in [6.45, 7) is 3.59. The molecule has 0 aromatic heterocycles. The van der Waals surface area contributed by atoms with Gasteiger partial charge in [0.2, 0.25) is 0 Å². The Hall–Kier alpha value is -3.38. The number of allylic oxidation sites excluding steroid dienone is 3. The van der Waals surface area contributed by atoms with E-state index in [2.05, 4.69) is 12.6 Å². The Morgan fingerprint density at radius 1 is 1.12 bits per heavy atom. The van der Waals surface area contributed by atoms with Crippen LogP contribution >= 0.6 is 0 Å². The molecule has 0 N–H and O–H groups in total. The molecule has 116 valence electrons. The van der Waals surface area contributed by atoms with Gasteiger partial charge in [0, 0.05) is 11.3 Å². The smallest absolute Gasteiger partial charge is 0.187 e. The number of benzene rings is 2. The Kier molecular flexibility index (Phi) is 4.40. The van der Waals surface area contributed by atoms with Crippen LogP contribution in [0.15, 0.2) is 79.4 Å². The lowest BCUT2D eigenvalue weighted by molar-refractivity contribution is 0.104. The second-order valence-electron chi connectivity index (χ2n) is 5.34.